The molecule has 6 nitrogen and oxygen atoms in total. The van der Waals surface area contributed by atoms with E-state index in [1.54, 1.807) is 6.07 Å². The standard InChI is InChI=1S/C13H18N2O4S/c1-8-3-4-11(19-2)10(5-8)15-12(16)7-20-6-9(14)13(17)18/h3-5,9H,6-7,14H2,1-2H3,(H,15,16)(H,17,18). The van der Waals surface area contributed by atoms with E-state index < -0.39 is 12.0 Å². The van der Waals surface area contributed by atoms with E-state index in [0.717, 1.165) is 5.56 Å². The number of anilines is 1. The highest BCUT2D eigenvalue weighted by atomic mass is 32.2. The number of aryl methyl sites for hydroxylation is 1. The Balaban J connectivity index is 2.50. The van der Waals surface area contributed by atoms with Gasteiger partial charge in [-0.15, -0.1) is 11.8 Å². The molecule has 0 bridgehead atoms. The predicted octanol–water partition coefficient (Wildman–Crippen LogP) is 1.09. The normalized spacial score (nSPS) is 11.8. The van der Waals surface area contributed by atoms with Crippen LogP contribution < -0.4 is 15.8 Å². The molecular formula is C13H18N2O4S. The fourth-order valence-corrected chi connectivity index (χ4v) is 2.23. The van der Waals surface area contributed by atoms with Crippen LogP contribution >= 0.6 is 11.8 Å². The van der Waals surface area contributed by atoms with Gasteiger partial charge in [-0.25, -0.2) is 0 Å². The van der Waals surface area contributed by atoms with Gasteiger partial charge in [-0.1, -0.05) is 6.07 Å². The molecule has 7 heteroatoms. The molecule has 0 aliphatic heterocycles. The number of methoxy groups -OCH3 is 1. The molecule has 110 valence electrons. The molecular weight excluding hydrogens is 280 g/mol. The van der Waals surface area contributed by atoms with Gasteiger partial charge in [0.25, 0.3) is 0 Å². The second-order valence-corrected chi connectivity index (χ2v) is 5.24. The highest BCUT2D eigenvalue weighted by molar-refractivity contribution is 8.00. The summed E-state index contributed by atoms with van der Waals surface area (Å²) in [5, 5.41) is 11.4. The molecule has 1 aromatic carbocycles. The van der Waals surface area contributed by atoms with E-state index in [0.29, 0.717) is 11.4 Å². The summed E-state index contributed by atoms with van der Waals surface area (Å²) in [6, 6.07) is 4.51. The number of amides is 1. The first kappa shape index (κ1) is 16.3. The maximum absolute atomic E-state index is 11.8. The van der Waals surface area contributed by atoms with E-state index in [9.17, 15) is 9.59 Å². The van der Waals surface area contributed by atoms with E-state index in [1.807, 2.05) is 19.1 Å². The molecule has 0 aliphatic rings. The van der Waals surface area contributed by atoms with E-state index in [4.69, 9.17) is 15.6 Å². The van der Waals surface area contributed by atoms with E-state index in [-0.39, 0.29) is 17.4 Å². The number of hydrogen-bond acceptors (Lipinski definition) is 5. The number of hydrogen-bond donors (Lipinski definition) is 3. The summed E-state index contributed by atoms with van der Waals surface area (Å²) in [7, 11) is 1.53. The van der Waals surface area contributed by atoms with Crippen LogP contribution in [0.25, 0.3) is 0 Å². The van der Waals surface area contributed by atoms with Crippen molar-refractivity contribution in [3.8, 4) is 5.75 Å². The average molecular weight is 298 g/mol. The summed E-state index contributed by atoms with van der Waals surface area (Å²) in [6.45, 7) is 1.91. The van der Waals surface area contributed by atoms with Crippen LogP contribution in [0.5, 0.6) is 5.75 Å². The molecule has 0 spiro atoms. The number of aliphatic carboxylic acids is 1. The van der Waals surface area contributed by atoms with Crippen LogP contribution in [0, 0.1) is 6.92 Å². The van der Waals surface area contributed by atoms with Gasteiger partial charge in [0, 0.05) is 5.75 Å². The van der Waals surface area contributed by atoms with Crippen molar-refractivity contribution in [3.05, 3.63) is 23.8 Å². The van der Waals surface area contributed by atoms with Crippen molar-refractivity contribution in [1.29, 1.82) is 0 Å². The number of benzene rings is 1. The zero-order valence-electron chi connectivity index (χ0n) is 11.4. The fourth-order valence-electron chi connectivity index (χ4n) is 1.46. The Kier molecular flexibility index (Phi) is 6.33. The van der Waals surface area contributed by atoms with E-state index in [1.165, 1.54) is 18.9 Å². The molecule has 4 N–H and O–H groups in total. The molecule has 20 heavy (non-hydrogen) atoms. The average Bonchev–Trinajstić information content (AvgIpc) is 2.38. The van der Waals surface area contributed by atoms with Gasteiger partial charge >= 0.3 is 5.97 Å². The molecule has 0 fully saturated rings. The van der Waals surface area contributed by atoms with Crippen LogP contribution in [-0.2, 0) is 9.59 Å². The number of rotatable bonds is 7. The number of nitrogens with two attached hydrogens (primary N) is 1. The summed E-state index contributed by atoms with van der Waals surface area (Å²) in [4.78, 5) is 22.3. The van der Waals surface area contributed by atoms with Gasteiger partial charge in [0.15, 0.2) is 0 Å². The Morgan fingerprint density at radius 1 is 1.50 bits per heavy atom. The van der Waals surface area contributed by atoms with Gasteiger partial charge in [-0.2, -0.15) is 0 Å². The molecule has 1 amide bonds. The molecule has 0 radical (unpaired) electrons. The van der Waals surface area contributed by atoms with Crippen molar-refractivity contribution in [2.24, 2.45) is 5.73 Å². The third-order valence-corrected chi connectivity index (χ3v) is 3.54. The van der Waals surface area contributed by atoms with Crippen molar-refractivity contribution in [1.82, 2.24) is 0 Å². The molecule has 1 rings (SSSR count). The van der Waals surface area contributed by atoms with Crippen LogP contribution in [0.1, 0.15) is 5.56 Å². The maximum atomic E-state index is 11.8. The lowest BCUT2D eigenvalue weighted by Gasteiger charge is -2.11. The van der Waals surface area contributed by atoms with Gasteiger partial charge in [-0.3, -0.25) is 9.59 Å². The molecule has 1 unspecified atom stereocenters. The van der Waals surface area contributed by atoms with Crippen molar-refractivity contribution in [2.45, 2.75) is 13.0 Å². The maximum Gasteiger partial charge on any atom is 0.321 e. The molecule has 0 saturated heterocycles. The Labute approximate surface area is 121 Å². The number of ether oxygens (including phenoxy) is 1. The highest BCUT2D eigenvalue weighted by Gasteiger charge is 2.13. The third-order valence-electron chi connectivity index (χ3n) is 2.48. The van der Waals surface area contributed by atoms with Crippen LogP contribution in [0.4, 0.5) is 5.69 Å². The lowest BCUT2D eigenvalue weighted by molar-refractivity contribution is -0.137. The van der Waals surface area contributed by atoms with E-state index in [2.05, 4.69) is 5.32 Å². The molecule has 0 aromatic heterocycles. The van der Waals surface area contributed by atoms with Crippen molar-refractivity contribution in [3.63, 3.8) is 0 Å². The number of carbonyl (C=O) groups excluding carboxylic acids is 1. The first-order valence-electron chi connectivity index (χ1n) is 5.94. The van der Waals surface area contributed by atoms with Gasteiger partial charge in [-0.05, 0) is 24.6 Å². The monoisotopic (exact) mass is 298 g/mol. The van der Waals surface area contributed by atoms with Crippen LogP contribution in [-0.4, -0.2) is 41.6 Å². The Morgan fingerprint density at radius 2 is 2.20 bits per heavy atom. The van der Waals surface area contributed by atoms with Crippen LogP contribution in [0.3, 0.4) is 0 Å². The van der Waals surface area contributed by atoms with Crippen molar-refractivity contribution in [2.75, 3.05) is 23.9 Å². The van der Waals surface area contributed by atoms with Gasteiger partial charge in [0.2, 0.25) is 5.91 Å². The largest absolute Gasteiger partial charge is 0.495 e. The second kappa shape index (κ2) is 7.76. The zero-order chi connectivity index (χ0) is 15.1. The van der Waals surface area contributed by atoms with Crippen LogP contribution in [0.2, 0.25) is 0 Å². The molecule has 1 atom stereocenters. The molecule has 0 saturated carbocycles. The minimum atomic E-state index is -1.07. The SMILES string of the molecule is COc1ccc(C)cc1NC(=O)CSCC(N)C(=O)O. The number of carboxylic acid groups (broad SMARTS) is 1. The van der Waals surface area contributed by atoms with Gasteiger partial charge < -0.3 is 20.9 Å². The minimum absolute atomic E-state index is 0.137. The number of thioether (sulfide) groups is 1. The summed E-state index contributed by atoms with van der Waals surface area (Å²) in [6.07, 6.45) is 0. The van der Waals surface area contributed by atoms with E-state index >= 15 is 0 Å². The second-order valence-electron chi connectivity index (χ2n) is 4.21. The highest BCUT2D eigenvalue weighted by Crippen LogP contribution is 2.25. The lowest BCUT2D eigenvalue weighted by Crippen LogP contribution is -2.33. The number of carbonyl (C=O) groups is 2. The smallest absolute Gasteiger partial charge is 0.321 e. The lowest BCUT2D eigenvalue weighted by atomic mass is 10.2. The van der Waals surface area contributed by atoms with Gasteiger partial charge in [0.05, 0.1) is 18.6 Å². The van der Waals surface area contributed by atoms with Crippen LogP contribution in [0.15, 0.2) is 18.2 Å². The Morgan fingerprint density at radius 3 is 2.80 bits per heavy atom. The Bertz CT molecular complexity index is 493. The predicted molar refractivity (Wildman–Crippen MR) is 79.3 cm³/mol. The summed E-state index contributed by atoms with van der Waals surface area (Å²) < 4.78 is 5.16. The molecule has 1 aromatic rings. The summed E-state index contributed by atoms with van der Waals surface area (Å²) in [5.74, 6) is -0.392. The first-order chi connectivity index (χ1) is 9.43. The Hall–Kier alpha value is -1.73. The van der Waals surface area contributed by atoms with Crippen molar-refractivity contribution >= 4 is 29.3 Å². The third kappa shape index (κ3) is 5.10. The minimum Gasteiger partial charge on any atom is -0.495 e. The molecule has 0 heterocycles. The topological polar surface area (TPSA) is 102 Å². The first-order valence-corrected chi connectivity index (χ1v) is 7.10. The van der Waals surface area contributed by atoms with Crippen molar-refractivity contribution < 1.29 is 19.4 Å². The quantitative estimate of drug-likeness (QED) is 0.696. The number of carboxylic acids is 1. The molecule has 0 aliphatic carbocycles. The number of nitrogens with one attached hydrogen (secondary N) is 1. The fraction of sp³-hybridized carbons (Fsp3) is 0.385. The summed E-state index contributed by atoms with van der Waals surface area (Å²) in [5.41, 5.74) is 6.95. The van der Waals surface area contributed by atoms with Gasteiger partial charge in [0.1, 0.15) is 11.8 Å². The summed E-state index contributed by atoms with van der Waals surface area (Å²) >= 11 is 1.18. The zero-order valence-corrected chi connectivity index (χ0v) is 12.2.